The van der Waals surface area contributed by atoms with Crippen LogP contribution in [0.5, 0.6) is 5.75 Å². The smallest absolute Gasteiger partial charge is 0.272 e. The number of nitrogens with one attached hydrogen (secondary N) is 4. The van der Waals surface area contributed by atoms with E-state index >= 15 is 0 Å². The van der Waals surface area contributed by atoms with Gasteiger partial charge < -0.3 is 55.9 Å². The van der Waals surface area contributed by atoms with Crippen LogP contribution < -0.4 is 36.9 Å². The van der Waals surface area contributed by atoms with Crippen LogP contribution in [0.15, 0.2) is 9.59 Å². The van der Waals surface area contributed by atoms with Crippen molar-refractivity contribution in [3.8, 4) is 5.75 Å². The first-order valence-electron chi connectivity index (χ1n) is 21.5. The normalized spacial score (nSPS) is 19.9. The Bertz CT molecular complexity index is 1340. The summed E-state index contributed by atoms with van der Waals surface area (Å²) >= 11 is 0. The van der Waals surface area contributed by atoms with Gasteiger partial charge in [-0.1, -0.05) is 90.9 Å². The van der Waals surface area contributed by atoms with E-state index < -0.39 is 60.1 Å². The SMILES string of the molecule is CCCCCCCCCCOc1c(NCCCCCCNC(=O)CCCCCNC(=O)[C@H](CO[C@@H]2O[C@H](CO)[C@@H](O)[C@H](O)[C@H]2O)NC(=O)CCCCC)c(=O)c1=O. The first-order valence-corrected chi connectivity index (χ1v) is 21.5. The number of aliphatic hydroxyl groups excluding tert-OH is 4. The molecular weight excluding hydrogens is 740 g/mol. The van der Waals surface area contributed by atoms with Gasteiger partial charge in [-0.2, -0.15) is 0 Å². The van der Waals surface area contributed by atoms with Crippen molar-refractivity contribution in [2.45, 2.75) is 179 Å². The van der Waals surface area contributed by atoms with Crippen molar-refractivity contribution in [2.75, 3.05) is 44.8 Å². The molecule has 16 heteroatoms. The van der Waals surface area contributed by atoms with E-state index in [-0.39, 0.29) is 30.6 Å². The quantitative estimate of drug-likeness (QED) is 0.0369. The van der Waals surface area contributed by atoms with E-state index in [1.165, 1.54) is 32.1 Å². The molecule has 0 aliphatic carbocycles. The van der Waals surface area contributed by atoms with Gasteiger partial charge in [0.2, 0.25) is 17.7 Å². The van der Waals surface area contributed by atoms with Crippen molar-refractivity contribution in [3.63, 3.8) is 0 Å². The van der Waals surface area contributed by atoms with Crippen LogP contribution >= 0.6 is 0 Å². The van der Waals surface area contributed by atoms with Gasteiger partial charge >= 0.3 is 0 Å². The Kier molecular flexibility index (Phi) is 26.3. The van der Waals surface area contributed by atoms with E-state index in [9.17, 15) is 44.4 Å². The highest BCUT2D eigenvalue weighted by Gasteiger charge is 2.44. The van der Waals surface area contributed by atoms with Crippen LogP contribution in [0, 0.1) is 0 Å². The van der Waals surface area contributed by atoms with Crippen LogP contribution in [0.3, 0.4) is 0 Å². The van der Waals surface area contributed by atoms with Gasteiger partial charge in [0.1, 0.15) is 36.1 Å². The van der Waals surface area contributed by atoms with E-state index in [1.54, 1.807) is 0 Å². The predicted octanol–water partition coefficient (Wildman–Crippen LogP) is 2.45. The van der Waals surface area contributed by atoms with Crippen molar-refractivity contribution in [1.82, 2.24) is 16.0 Å². The van der Waals surface area contributed by atoms with Gasteiger partial charge in [-0.05, 0) is 38.5 Å². The molecule has 1 aromatic rings. The summed E-state index contributed by atoms with van der Waals surface area (Å²) in [5.41, 5.74) is -0.775. The van der Waals surface area contributed by atoms with Crippen LogP contribution in [0.4, 0.5) is 5.69 Å². The summed E-state index contributed by atoms with van der Waals surface area (Å²) in [6.07, 6.45) is 10.3. The van der Waals surface area contributed by atoms with Crippen LogP contribution in [0.1, 0.15) is 142 Å². The fourth-order valence-corrected chi connectivity index (χ4v) is 6.52. The van der Waals surface area contributed by atoms with Gasteiger partial charge in [-0.3, -0.25) is 24.0 Å². The molecule has 1 saturated heterocycles. The molecule has 57 heavy (non-hydrogen) atoms. The third kappa shape index (κ3) is 19.4. The van der Waals surface area contributed by atoms with Crippen LogP contribution in [-0.4, -0.2) is 114 Å². The number of hydrogen-bond acceptors (Lipinski definition) is 13. The van der Waals surface area contributed by atoms with Crippen LogP contribution in [-0.2, 0) is 23.9 Å². The highest BCUT2D eigenvalue weighted by Crippen LogP contribution is 2.22. The minimum atomic E-state index is -1.64. The average Bonchev–Trinajstić information content (AvgIpc) is 3.20. The second-order valence-electron chi connectivity index (χ2n) is 15.1. The van der Waals surface area contributed by atoms with Crippen molar-refractivity contribution in [2.24, 2.45) is 0 Å². The zero-order valence-corrected chi connectivity index (χ0v) is 34.4. The molecule has 2 rings (SSSR count). The molecule has 1 fully saturated rings. The van der Waals surface area contributed by atoms with E-state index in [0.717, 1.165) is 57.8 Å². The third-order valence-corrected chi connectivity index (χ3v) is 10.2. The molecule has 0 saturated carbocycles. The number of anilines is 1. The van der Waals surface area contributed by atoms with Crippen molar-refractivity contribution < 1.29 is 49.0 Å². The number of aliphatic hydroxyl groups is 4. The molecular formula is C41H72N4O12. The summed E-state index contributed by atoms with van der Waals surface area (Å²) in [5.74, 6) is -0.730. The summed E-state index contributed by atoms with van der Waals surface area (Å²) < 4.78 is 16.5. The number of carbonyl (C=O) groups is 3. The summed E-state index contributed by atoms with van der Waals surface area (Å²) in [6.45, 7) is 5.07. The van der Waals surface area contributed by atoms with Gasteiger partial charge in [-0.15, -0.1) is 0 Å². The predicted molar refractivity (Wildman–Crippen MR) is 217 cm³/mol. The number of ether oxygens (including phenoxy) is 3. The van der Waals surface area contributed by atoms with Crippen molar-refractivity contribution in [1.29, 1.82) is 0 Å². The molecule has 0 radical (unpaired) electrons. The van der Waals surface area contributed by atoms with Gasteiger partial charge in [0.25, 0.3) is 10.9 Å². The highest BCUT2D eigenvalue weighted by atomic mass is 16.7. The first kappa shape index (κ1) is 50.0. The lowest BCUT2D eigenvalue weighted by Gasteiger charge is -2.39. The molecule has 3 amide bonds. The molecule has 328 valence electrons. The minimum absolute atomic E-state index is 0.0449. The molecule has 0 unspecified atom stereocenters. The maximum Gasteiger partial charge on any atom is 0.272 e. The Morgan fingerprint density at radius 2 is 1.23 bits per heavy atom. The fraction of sp³-hybridized carbons (Fsp3) is 0.829. The standard InChI is InChI=1S/C41H72N4O12/c1-3-5-7-8-9-10-13-20-26-55-39-33(35(50)37(39)52)43-24-18-12-11-17-23-42-31(47)21-16-14-19-25-44-40(54)29(45-32(48)22-15-6-4-2)28-56-41-38(53)36(51)34(49)30(27-46)57-41/h29-30,34,36,38,41,43,46,49,51,53H,3-28H2,1-2H3,(H,42,47)(H,44,54)(H,45,48)/t29-,30+,34+,36-,38+,41+/m0/s1. The summed E-state index contributed by atoms with van der Waals surface area (Å²) in [4.78, 5) is 61.8. The molecule has 8 N–H and O–H groups in total. The Labute approximate surface area is 337 Å². The maximum absolute atomic E-state index is 13.0. The average molecular weight is 813 g/mol. The van der Waals surface area contributed by atoms with Crippen LogP contribution in [0.25, 0.3) is 0 Å². The zero-order valence-electron chi connectivity index (χ0n) is 34.4. The monoisotopic (exact) mass is 813 g/mol. The van der Waals surface area contributed by atoms with E-state index in [4.69, 9.17) is 14.2 Å². The van der Waals surface area contributed by atoms with E-state index in [2.05, 4.69) is 28.2 Å². The number of unbranched alkanes of at least 4 members (excludes halogenated alkanes) is 14. The van der Waals surface area contributed by atoms with Crippen molar-refractivity contribution >= 4 is 23.4 Å². The lowest BCUT2D eigenvalue weighted by atomic mass is 9.99. The minimum Gasteiger partial charge on any atom is -0.487 e. The number of carbonyl (C=O) groups excluding carboxylic acids is 3. The summed E-state index contributed by atoms with van der Waals surface area (Å²) in [7, 11) is 0. The van der Waals surface area contributed by atoms with Crippen LogP contribution in [0.2, 0.25) is 0 Å². The molecule has 6 atom stereocenters. The number of rotatable bonds is 34. The Balaban J connectivity index is 1.56. The Hall–Kier alpha value is -3.15. The Morgan fingerprint density at radius 1 is 0.667 bits per heavy atom. The molecule has 1 heterocycles. The highest BCUT2D eigenvalue weighted by molar-refractivity contribution is 5.87. The van der Waals surface area contributed by atoms with Gasteiger partial charge in [0.15, 0.2) is 12.0 Å². The molecule has 1 aliphatic heterocycles. The second-order valence-corrected chi connectivity index (χ2v) is 15.1. The third-order valence-electron chi connectivity index (χ3n) is 10.2. The van der Waals surface area contributed by atoms with Gasteiger partial charge in [-0.25, -0.2) is 0 Å². The Morgan fingerprint density at radius 3 is 1.91 bits per heavy atom. The molecule has 0 bridgehead atoms. The zero-order chi connectivity index (χ0) is 41.8. The van der Waals surface area contributed by atoms with E-state index in [0.29, 0.717) is 64.0 Å². The molecule has 1 aliphatic rings. The number of hydrogen-bond donors (Lipinski definition) is 8. The maximum atomic E-state index is 13.0. The second kappa shape index (κ2) is 30.0. The molecule has 0 spiro atoms. The van der Waals surface area contributed by atoms with Gasteiger partial charge in [0.05, 0.1) is 19.8 Å². The van der Waals surface area contributed by atoms with Crippen molar-refractivity contribution in [3.05, 3.63) is 20.4 Å². The fourth-order valence-electron chi connectivity index (χ4n) is 6.52. The number of amides is 3. The first-order chi connectivity index (χ1) is 27.5. The summed E-state index contributed by atoms with van der Waals surface area (Å²) in [6, 6.07) is -1.12. The van der Waals surface area contributed by atoms with E-state index in [1.807, 2.05) is 6.92 Å². The summed E-state index contributed by atoms with van der Waals surface area (Å²) in [5, 5.41) is 51.2. The lowest BCUT2D eigenvalue weighted by Crippen LogP contribution is -2.60. The molecule has 1 aromatic carbocycles. The topological polar surface area (TPSA) is 242 Å². The molecule has 16 nitrogen and oxygen atoms in total. The largest absolute Gasteiger partial charge is 0.487 e. The van der Waals surface area contributed by atoms with Gasteiger partial charge in [0, 0.05) is 32.5 Å². The molecule has 0 aromatic heterocycles. The lowest BCUT2D eigenvalue weighted by molar-refractivity contribution is -0.301.